The average Bonchev–Trinajstić information content (AvgIpc) is 3.23. The first-order chi connectivity index (χ1) is 16.0. The number of fused-ring (bicyclic) bond motifs is 1. The number of hydrogen-bond donors (Lipinski definition) is 3. The van der Waals surface area contributed by atoms with Crippen LogP contribution in [0.25, 0.3) is 10.9 Å². The molecule has 1 aromatic heterocycles. The van der Waals surface area contributed by atoms with E-state index in [1.54, 1.807) is 13.0 Å². The number of carbonyl (C=O) groups excluding carboxylic acids is 2. The van der Waals surface area contributed by atoms with Crippen molar-refractivity contribution in [2.24, 2.45) is 0 Å². The molecular formula is C24H24ClN3O4S. The second kappa shape index (κ2) is 10.2. The average molecular weight is 486 g/mol. The summed E-state index contributed by atoms with van der Waals surface area (Å²) in [6, 6.07) is 11.1. The molecule has 1 aliphatic rings. The summed E-state index contributed by atoms with van der Waals surface area (Å²) in [5.74, 6) is 0.989. The summed E-state index contributed by atoms with van der Waals surface area (Å²) >= 11 is 7.83. The number of ether oxygens (including phenoxy) is 2. The van der Waals surface area contributed by atoms with Crippen molar-refractivity contribution >= 4 is 51.8 Å². The highest BCUT2D eigenvalue weighted by molar-refractivity contribution is 8.04. The van der Waals surface area contributed by atoms with E-state index in [1.165, 1.54) is 24.9 Å². The van der Waals surface area contributed by atoms with E-state index in [4.69, 9.17) is 21.1 Å². The van der Waals surface area contributed by atoms with Gasteiger partial charge in [-0.25, -0.2) is 0 Å². The first-order valence-electron chi connectivity index (χ1n) is 10.5. The van der Waals surface area contributed by atoms with Crippen molar-refractivity contribution in [2.75, 3.05) is 31.3 Å². The van der Waals surface area contributed by atoms with Crippen molar-refractivity contribution < 1.29 is 19.1 Å². The molecule has 0 spiro atoms. The molecule has 0 fully saturated rings. The number of carbonyl (C=O) groups is 2. The second-order valence-corrected chi connectivity index (χ2v) is 8.95. The molecule has 2 amide bonds. The van der Waals surface area contributed by atoms with Crippen LogP contribution in [-0.2, 0) is 16.0 Å². The molecule has 9 heteroatoms. The van der Waals surface area contributed by atoms with Crippen LogP contribution in [0.1, 0.15) is 22.8 Å². The number of hydrogen-bond acceptors (Lipinski definition) is 5. The number of allylic oxidation sites excluding steroid dienone is 1. The van der Waals surface area contributed by atoms with Gasteiger partial charge in [0, 0.05) is 35.5 Å². The Hall–Kier alpha value is -3.10. The van der Waals surface area contributed by atoms with Gasteiger partial charge in [0.25, 0.3) is 11.8 Å². The minimum absolute atomic E-state index is 0.242. The van der Waals surface area contributed by atoms with Gasteiger partial charge >= 0.3 is 0 Å². The fourth-order valence-electron chi connectivity index (χ4n) is 3.65. The number of anilines is 1. The number of methoxy groups -OCH3 is 1. The lowest BCUT2D eigenvalue weighted by molar-refractivity contribution is -0.112. The van der Waals surface area contributed by atoms with Gasteiger partial charge in [0.15, 0.2) is 0 Å². The molecule has 0 aliphatic carbocycles. The SMILES string of the molecule is COc1cc(NC(=O)C2=C(C)OCCS2)c(Cl)cc1C(=O)NCCc1c[nH]c2ccccc12. The van der Waals surface area contributed by atoms with E-state index in [2.05, 4.69) is 15.6 Å². The zero-order valence-electron chi connectivity index (χ0n) is 18.3. The summed E-state index contributed by atoms with van der Waals surface area (Å²) in [7, 11) is 1.47. The van der Waals surface area contributed by atoms with Gasteiger partial charge in [0.1, 0.15) is 16.4 Å². The lowest BCUT2D eigenvalue weighted by Gasteiger charge is -2.18. The van der Waals surface area contributed by atoms with E-state index in [0.29, 0.717) is 53.0 Å². The van der Waals surface area contributed by atoms with Crippen molar-refractivity contribution in [1.82, 2.24) is 10.3 Å². The predicted molar refractivity (Wildman–Crippen MR) is 132 cm³/mol. The molecule has 33 heavy (non-hydrogen) atoms. The maximum absolute atomic E-state index is 12.8. The Kier molecular flexibility index (Phi) is 7.15. The van der Waals surface area contributed by atoms with Crippen LogP contribution in [0.5, 0.6) is 5.75 Å². The standard InChI is InChI=1S/C24H24ClN3O4S/c1-14-22(33-10-9-32-14)24(30)28-20-12-21(31-2)17(11-18(20)25)23(29)26-8-7-15-13-27-19-6-4-3-5-16(15)19/h3-6,11-13,27H,7-10H2,1-2H3,(H,26,29)(H,28,30). The van der Waals surface area contributed by atoms with E-state index in [1.807, 2.05) is 30.5 Å². The molecule has 2 heterocycles. The summed E-state index contributed by atoms with van der Waals surface area (Å²) in [6.45, 7) is 2.78. The number of amides is 2. The molecule has 0 unspecified atom stereocenters. The molecule has 3 aromatic rings. The highest BCUT2D eigenvalue weighted by atomic mass is 35.5. The Morgan fingerprint density at radius 2 is 2.06 bits per heavy atom. The van der Waals surface area contributed by atoms with Gasteiger partial charge in [0.05, 0.1) is 30.0 Å². The Morgan fingerprint density at radius 1 is 1.24 bits per heavy atom. The first-order valence-corrected chi connectivity index (χ1v) is 11.8. The summed E-state index contributed by atoms with van der Waals surface area (Å²) in [4.78, 5) is 29.2. The van der Waals surface area contributed by atoms with E-state index < -0.39 is 0 Å². The molecule has 1 aliphatic heterocycles. The Labute approximate surface area is 200 Å². The zero-order valence-corrected chi connectivity index (χ0v) is 19.9. The maximum Gasteiger partial charge on any atom is 0.265 e. The number of thioether (sulfide) groups is 1. The summed E-state index contributed by atoms with van der Waals surface area (Å²) in [5, 5.41) is 7.08. The largest absolute Gasteiger partial charge is 0.496 e. The van der Waals surface area contributed by atoms with Crippen molar-refractivity contribution in [3.63, 3.8) is 0 Å². The molecule has 172 valence electrons. The number of rotatable bonds is 7. The first kappa shape index (κ1) is 23.1. The molecule has 0 saturated heterocycles. The summed E-state index contributed by atoms with van der Waals surface area (Å²) in [6.07, 6.45) is 2.63. The van der Waals surface area contributed by atoms with Gasteiger partial charge in [-0.1, -0.05) is 29.8 Å². The van der Waals surface area contributed by atoms with Gasteiger partial charge in [-0.05, 0) is 31.0 Å². The Balaban J connectivity index is 1.44. The van der Waals surface area contributed by atoms with Crippen molar-refractivity contribution in [3.05, 3.63) is 69.4 Å². The molecule has 3 N–H and O–H groups in total. The molecule has 0 atom stereocenters. The van der Waals surface area contributed by atoms with Crippen molar-refractivity contribution in [1.29, 1.82) is 0 Å². The quantitative estimate of drug-likeness (QED) is 0.449. The normalized spacial score (nSPS) is 13.5. The third kappa shape index (κ3) is 5.12. The molecule has 0 saturated carbocycles. The van der Waals surface area contributed by atoms with Crippen LogP contribution in [0.2, 0.25) is 5.02 Å². The monoisotopic (exact) mass is 485 g/mol. The summed E-state index contributed by atoms with van der Waals surface area (Å²) < 4.78 is 10.9. The van der Waals surface area contributed by atoms with Crippen molar-refractivity contribution in [2.45, 2.75) is 13.3 Å². The van der Waals surface area contributed by atoms with E-state index in [-0.39, 0.29) is 16.8 Å². The number of halogens is 1. The van der Waals surface area contributed by atoms with Crippen LogP contribution in [0.4, 0.5) is 5.69 Å². The van der Waals surface area contributed by atoms with Gasteiger partial charge in [0.2, 0.25) is 0 Å². The maximum atomic E-state index is 12.8. The molecule has 0 bridgehead atoms. The highest BCUT2D eigenvalue weighted by Crippen LogP contribution is 2.33. The van der Waals surface area contributed by atoms with Crippen LogP contribution in [0.15, 0.2) is 53.3 Å². The van der Waals surface area contributed by atoms with Gasteiger partial charge < -0.3 is 25.1 Å². The number of H-pyrrole nitrogens is 1. The van der Waals surface area contributed by atoms with E-state index in [9.17, 15) is 9.59 Å². The van der Waals surface area contributed by atoms with E-state index in [0.717, 1.165) is 16.5 Å². The number of aromatic nitrogens is 1. The number of benzene rings is 2. The number of aromatic amines is 1. The smallest absolute Gasteiger partial charge is 0.265 e. The number of para-hydroxylation sites is 1. The van der Waals surface area contributed by atoms with Gasteiger partial charge in [-0.3, -0.25) is 9.59 Å². The Morgan fingerprint density at radius 3 is 2.85 bits per heavy atom. The number of nitrogens with one attached hydrogen (secondary N) is 3. The van der Waals surface area contributed by atoms with Gasteiger partial charge in [-0.15, -0.1) is 11.8 Å². The Bertz CT molecular complexity index is 1240. The molecule has 2 aromatic carbocycles. The molecular weight excluding hydrogens is 462 g/mol. The van der Waals surface area contributed by atoms with Crippen LogP contribution in [0.3, 0.4) is 0 Å². The summed E-state index contributed by atoms with van der Waals surface area (Å²) in [5.41, 5.74) is 2.85. The minimum Gasteiger partial charge on any atom is -0.496 e. The van der Waals surface area contributed by atoms with Crippen LogP contribution < -0.4 is 15.4 Å². The lowest BCUT2D eigenvalue weighted by atomic mass is 10.1. The van der Waals surface area contributed by atoms with E-state index >= 15 is 0 Å². The topological polar surface area (TPSA) is 92.4 Å². The van der Waals surface area contributed by atoms with Crippen LogP contribution >= 0.6 is 23.4 Å². The van der Waals surface area contributed by atoms with Crippen LogP contribution in [0, 0.1) is 0 Å². The van der Waals surface area contributed by atoms with Gasteiger partial charge in [-0.2, -0.15) is 0 Å². The molecule has 7 nitrogen and oxygen atoms in total. The predicted octanol–water partition coefficient (Wildman–Crippen LogP) is 4.74. The fourth-order valence-corrected chi connectivity index (χ4v) is 4.68. The zero-order chi connectivity index (χ0) is 23.4. The third-order valence-electron chi connectivity index (χ3n) is 5.31. The van der Waals surface area contributed by atoms with Crippen LogP contribution in [-0.4, -0.2) is 42.8 Å². The minimum atomic E-state index is -0.308. The highest BCUT2D eigenvalue weighted by Gasteiger charge is 2.22. The second-order valence-electron chi connectivity index (χ2n) is 7.43. The molecule has 4 rings (SSSR count). The third-order valence-corrected chi connectivity index (χ3v) is 6.76. The molecule has 0 radical (unpaired) electrons. The van der Waals surface area contributed by atoms with Crippen molar-refractivity contribution in [3.8, 4) is 5.75 Å². The lowest BCUT2D eigenvalue weighted by Crippen LogP contribution is -2.26. The fraction of sp³-hybridized carbons (Fsp3) is 0.250.